The molecule has 1 aromatic rings. The first-order valence-corrected chi connectivity index (χ1v) is 6.80. The quantitative estimate of drug-likeness (QED) is 0.700. The number of anilines is 1. The molecule has 4 N–H and O–H groups in total. The van der Waals surface area contributed by atoms with E-state index in [0.29, 0.717) is 24.8 Å². The number of rotatable bonds is 7. The Balaban J connectivity index is 2.69. The number of likely N-dealkylation sites (N-methyl/N-ethyl adjacent to an activating group) is 1. The van der Waals surface area contributed by atoms with Gasteiger partial charge in [-0.05, 0) is 30.0 Å². The van der Waals surface area contributed by atoms with E-state index in [1.807, 2.05) is 24.3 Å². The molecular weight excluding hydrogens is 238 g/mol. The van der Waals surface area contributed by atoms with E-state index in [4.69, 9.17) is 5.73 Å². The van der Waals surface area contributed by atoms with Gasteiger partial charge in [-0.1, -0.05) is 32.0 Å². The zero-order chi connectivity index (χ0) is 14.3. The van der Waals surface area contributed by atoms with Gasteiger partial charge in [-0.2, -0.15) is 0 Å². The molecule has 4 nitrogen and oxygen atoms in total. The number of benzene rings is 1. The third kappa shape index (κ3) is 4.91. The van der Waals surface area contributed by atoms with Crippen LogP contribution in [0.3, 0.4) is 0 Å². The molecule has 1 amide bonds. The fourth-order valence-electron chi connectivity index (χ4n) is 1.94. The first-order valence-electron chi connectivity index (χ1n) is 6.80. The molecule has 0 aliphatic heterocycles. The lowest BCUT2D eigenvalue weighted by molar-refractivity contribution is -0.119. The normalized spacial score (nSPS) is 12.3. The Bertz CT molecular complexity index is 404. The van der Waals surface area contributed by atoms with Crippen molar-refractivity contribution in [2.24, 2.45) is 17.6 Å². The fourth-order valence-corrected chi connectivity index (χ4v) is 1.94. The standard InChI is InChI=1S/C15H25N3O/c1-11(2)13(9-16)10-18-14-7-5-4-6-12(14)8-15(19)17-3/h4-7,11,13,18H,8-10,16H2,1-3H3,(H,17,19). The van der Waals surface area contributed by atoms with Gasteiger partial charge in [0.05, 0.1) is 6.42 Å². The summed E-state index contributed by atoms with van der Waals surface area (Å²) in [4.78, 5) is 11.5. The Morgan fingerprint density at radius 2 is 2.00 bits per heavy atom. The SMILES string of the molecule is CNC(=O)Cc1ccccc1NCC(CN)C(C)C. The van der Waals surface area contributed by atoms with E-state index in [1.54, 1.807) is 7.05 Å². The van der Waals surface area contributed by atoms with E-state index in [-0.39, 0.29) is 5.91 Å². The molecule has 0 aromatic heterocycles. The Hall–Kier alpha value is -1.55. The number of nitrogens with two attached hydrogens (primary N) is 1. The maximum absolute atomic E-state index is 11.5. The van der Waals surface area contributed by atoms with Crippen molar-refractivity contribution in [3.8, 4) is 0 Å². The zero-order valence-electron chi connectivity index (χ0n) is 12.1. The number of amides is 1. The topological polar surface area (TPSA) is 67.2 Å². The summed E-state index contributed by atoms with van der Waals surface area (Å²) in [5.41, 5.74) is 7.81. The second-order valence-electron chi connectivity index (χ2n) is 5.13. The molecule has 0 bridgehead atoms. The molecule has 4 heteroatoms. The van der Waals surface area contributed by atoms with Gasteiger partial charge in [0.2, 0.25) is 5.91 Å². The van der Waals surface area contributed by atoms with Crippen LogP contribution in [0.25, 0.3) is 0 Å². The molecule has 0 saturated heterocycles. The Labute approximate surface area is 115 Å². The summed E-state index contributed by atoms with van der Waals surface area (Å²) in [6.45, 7) is 5.85. The van der Waals surface area contributed by atoms with Crippen molar-refractivity contribution in [3.63, 3.8) is 0 Å². The van der Waals surface area contributed by atoms with Crippen LogP contribution in [-0.4, -0.2) is 26.0 Å². The summed E-state index contributed by atoms with van der Waals surface area (Å²) in [5.74, 6) is 1.00. The van der Waals surface area contributed by atoms with Gasteiger partial charge in [-0.15, -0.1) is 0 Å². The maximum atomic E-state index is 11.5. The van der Waals surface area contributed by atoms with Gasteiger partial charge in [-0.25, -0.2) is 0 Å². The number of hydrogen-bond acceptors (Lipinski definition) is 3. The molecular formula is C15H25N3O. The van der Waals surface area contributed by atoms with E-state index in [1.165, 1.54) is 0 Å². The Morgan fingerprint density at radius 3 is 2.58 bits per heavy atom. The summed E-state index contributed by atoms with van der Waals surface area (Å²) in [7, 11) is 1.65. The van der Waals surface area contributed by atoms with Crippen molar-refractivity contribution in [1.29, 1.82) is 0 Å². The largest absolute Gasteiger partial charge is 0.384 e. The molecule has 1 rings (SSSR count). The van der Waals surface area contributed by atoms with Crippen LogP contribution in [0, 0.1) is 11.8 Å². The molecule has 0 fully saturated rings. The number of nitrogens with one attached hydrogen (secondary N) is 2. The van der Waals surface area contributed by atoms with Crippen LogP contribution in [0.2, 0.25) is 0 Å². The fraction of sp³-hybridized carbons (Fsp3) is 0.533. The van der Waals surface area contributed by atoms with Crippen LogP contribution in [0.5, 0.6) is 0 Å². The molecule has 0 aliphatic rings. The number of carbonyl (C=O) groups excluding carboxylic acids is 1. The van der Waals surface area contributed by atoms with Crippen LogP contribution in [-0.2, 0) is 11.2 Å². The third-order valence-electron chi connectivity index (χ3n) is 3.45. The summed E-state index contributed by atoms with van der Waals surface area (Å²) in [5, 5.41) is 6.06. The number of carbonyl (C=O) groups is 1. The van der Waals surface area contributed by atoms with Crippen LogP contribution in [0.15, 0.2) is 24.3 Å². The van der Waals surface area contributed by atoms with Crippen LogP contribution in [0.1, 0.15) is 19.4 Å². The highest BCUT2D eigenvalue weighted by molar-refractivity contribution is 5.80. The predicted octanol–water partition coefficient (Wildman–Crippen LogP) is 1.62. The average molecular weight is 263 g/mol. The third-order valence-corrected chi connectivity index (χ3v) is 3.45. The maximum Gasteiger partial charge on any atom is 0.224 e. The van der Waals surface area contributed by atoms with E-state index < -0.39 is 0 Å². The monoisotopic (exact) mass is 263 g/mol. The minimum atomic E-state index is 0.0217. The lowest BCUT2D eigenvalue weighted by Gasteiger charge is -2.21. The number of para-hydroxylation sites is 1. The second kappa shape index (κ2) is 7.79. The van der Waals surface area contributed by atoms with Gasteiger partial charge >= 0.3 is 0 Å². The number of hydrogen-bond donors (Lipinski definition) is 3. The molecule has 19 heavy (non-hydrogen) atoms. The molecule has 1 unspecified atom stereocenters. The van der Waals surface area contributed by atoms with Crippen molar-refractivity contribution in [2.45, 2.75) is 20.3 Å². The van der Waals surface area contributed by atoms with Gasteiger partial charge in [-0.3, -0.25) is 4.79 Å². The van der Waals surface area contributed by atoms with E-state index in [0.717, 1.165) is 17.8 Å². The molecule has 0 heterocycles. The lowest BCUT2D eigenvalue weighted by atomic mass is 9.96. The van der Waals surface area contributed by atoms with E-state index >= 15 is 0 Å². The summed E-state index contributed by atoms with van der Waals surface area (Å²) in [6, 6.07) is 7.91. The highest BCUT2D eigenvalue weighted by Crippen LogP contribution is 2.17. The predicted molar refractivity (Wildman–Crippen MR) is 80.1 cm³/mol. The first-order chi connectivity index (χ1) is 9.08. The van der Waals surface area contributed by atoms with E-state index in [2.05, 4.69) is 24.5 Å². The van der Waals surface area contributed by atoms with Crippen LogP contribution < -0.4 is 16.4 Å². The average Bonchev–Trinajstić information content (AvgIpc) is 2.40. The molecule has 0 radical (unpaired) electrons. The molecule has 0 saturated carbocycles. The summed E-state index contributed by atoms with van der Waals surface area (Å²) in [6.07, 6.45) is 0.397. The molecule has 0 spiro atoms. The molecule has 1 atom stereocenters. The van der Waals surface area contributed by atoms with Gasteiger partial charge < -0.3 is 16.4 Å². The van der Waals surface area contributed by atoms with Crippen molar-refractivity contribution in [1.82, 2.24) is 5.32 Å². The zero-order valence-corrected chi connectivity index (χ0v) is 12.1. The van der Waals surface area contributed by atoms with Crippen molar-refractivity contribution < 1.29 is 4.79 Å². The molecule has 1 aromatic carbocycles. The second-order valence-corrected chi connectivity index (χ2v) is 5.13. The summed E-state index contributed by atoms with van der Waals surface area (Å²) < 4.78 is 0. The first kappa shape index (κ1) is 15.5. The lowest BCUT2D eigenvalue weighted by Crippen LogP contribution is -2.28. The molecule has 0 aliphatic carbocycles. The molecule has 106 valence electrons. The van der Waals surface area contributed by atoms with Gasteiger partial charge in [0.1, 0.15) is 0 Å². The highest BCUT2D eigenvalue weighted by atomic mass is 16.1. The van der Waals surface area contributed by atoms with Gasteiger partial charge in [0, 0.05) is 19.3 Å². The minimum Gasteiger partial charge on any atom is -0.384 e. The Morgan fingerprint density at radius 1 is 1.32 bits per heavy atom. The smallest absolute Gasteiger partial charge is 0.224 e. The van der Waals surface area contributed by atoms with E-state index in [9.17, 15) is 4.79 Å². The van der Waals surface area contributed by atoms with Crippen molar-refractivity contribution in [2.75, 3.05) is 25.5 Å². The highest BCUT2D eigenvalue weighted by Gasteiger charge is 2.12. The van der Waals surface area contributed by atoms with Gasteiger partial charge in [0.15, 0.2) is 0 Å². The van der Waals surface area contributed by atoms with Crippen LogP contribution >= 0.6 is 0 Å². The summed E-state index contributed by atoms with van der Waals surface area (Å²) >= 11 is 0. The minimum absolute atomic E-state index is 0.0217. The van der Waals surface area contributed by atoms with Crippen molar-refractivity contribution >= 4 is 11.6 Å². The Kier molecular flexibility index (Phi) is 6.36. The van der Waals surface area contributed by atoms with Crippen LogP contribution in [0.4, 0.5) is 5.69 Å². The van der Waals surface area contributed by atoms with Gasteiger partial charge in [0.25, 0.3) is 0 Å². The van der Waals surface area contributed by atoms with Crippen molar-refractivity contribution in [3.05, 3.63) is 29.8 Å².